The number of thiol groups is 1. The van der Waals surface area contributed by atoms with E-state index in [0.717, 1.165) is 12.5 Å². The molecule has 2 rings (SSSR count). The van der Waals surface area contributed by atoms with Crippen LogP contribution in [0.3, 0.4) is 0 Å². The highest BCUT2D eigenvalue weighted by molar-refractivity contribution is 7.82. The first-order chi connectivity index (χ1) is 5.49. The van der Waals surface area contributed by atoms with E-state index in [-0.39, 0.29) is 4.75 Å². The van der Waals surface area contributed by atoms with E-state index in [4.69, 9.17) is 9.47 Å². The van der Waals surface area contributed by atoms with Crippen molar-refractivity contribution in [2.45, 2.75) is 43.6 Å². The molecule has 2 nitrogen and oxygen atoms in total. The summed E-state index contributed by atoms with van der Waals surface area (Å²) in [6, 6.07) is 0. The van der Waals surface area contributed by atoms with Gasteiger partial charge in [-0.2, -0.15) is 17.4 Å². The van der Waals surface area contributed by atoms with Crippen LogP contribution in [0.5, 0.6) is 0 Å². The minimum atomic E-state index is -0.408. The molecular weight excluding hydrogens is 172 g/mol. The molecule has 0 aromatic carbocycles. The molecule has 1 saturated heterocycles. The van der Waals surface area contributed by atoms with Crippen LogP contribution in [-0.2, 0) is 9.47 Å². The zero-order valence-electron chi connectivity index (χ0n) is 7.59. The predicted octanol–water partition coefficient (Wildman–Crippen LogP) is 2.15. The van der Waals surface area contributed by atoms with Gasteiger partial charge in [0.2, 0.25) is 12.4 Å². The van der Waals surface area contributed by atoms with Gasteiger partial charge in [-0.3, -0.25) is 0 Å². The van der Waals surface area contributed by atoms with Crippen LogP contribution in [0.25, 0.3) is 0 Å². The molecule has 1 aliphatic heterocycles. The average molecular weight is 187 g/mol. The van der Waals surface area contributed by atoms with Crippen LogP contribution in [0, 0.1) is 6.10 Å². The maximum atomic E-state index is 5.61. The minimum absolute atomic E-state index is 0.235. The lowest BCUT2D eigenvalue weighted by Crippen LogP contribution is -2.20. The summed E-state index contributed by atoms with van der Waals surface area (Å²) >= 11 is 4.54. The van der Waals surface area contributed by atoms with Crippen LogP contribution >= 0.6 is 12.6 Å². The summed E-state index contributed by atoms with van der Waals surface area (Å²) < 4.78 is 11.3. The fourth-order valence-electron chi connectivity index (χ4n) is 1.44. The van der Waals surface area contributed by atoms with Gasteiger partial charge in [0.05, 0.1) is 4.75 Å². The summed E-state index contributed by atoms with van der Waals surface area (Å²) in [5.41, 5.74) is 0. The molecule has 0 N–H and O–H groups in total. The molecule has 2 fully saturated rings. The smallest absolute Gasteiger partial charge is 0.274 e. The first kappa shape index (κ1) is 8.73. The first-order valence-corrected chi connectivity index (χ1v) is 4.84. The van der Waals surface area contributed by atoms with Gasteiger partial charge in [-0.05, 0) is 26.7 Å². The molecule has 3 heteroatoms. The molecule has 2 aliphatic rings. The Kier molecular flexibility index (Phi) is 1.86. The Labute approximate surface area is 79.0 Å². The van der Waals surface area contributed by atoms with Gasteiger partial charge in [-0.25, -0.2) is 0 Å². The van der Waals surface area contributed by atoms with Crippen LogP contribution in [0.2, 0.25) is 0 Å². The lowest BCUT2D eigenvalue weighted by Gasteiger charge is -2.09. The second-order valence-corrected chi connectivity index (χ2v) is 5.18. The highest BCUT2D eigenvalue weighted by Gasteiger charge is 2.52. The second kappa shape index (κ2) is 2.56. The summed E-state index contributed by atoms with van der Waals surface area (Å²) in [6.45, 7) is 4.53. The predicted molar refractivity (Wildman–Crippen MR) is 49.9 cm³/mol. The van der Waals surface area contributed by atoms with E-state index in [1.165, 1.54) is 12.8 Å². The molecule has 0 unspecified atom stereocenters. The quantitative estimate of drug-likeness (QED) is 0.527. The summed E-state index contributed by atoms with van der Waals surface area (Å²) in [7, 11) is 0. The molecule has 0 atom stereocenters. The zero-order valence-corrected chi connectivity index (χ0v) is 8.49. The van der Waals surface area contributed by atoms with Crippen LogP contribution < -0.4 is 0 Å². The lowest BCUT2D eigenvalue weighted by molar-refractivity contribution is -0.125. The van der Waals surface area contributed by atoms with E-state index in [9.17, 15) is 0 Å². The van der Waals surface area contributed by atoms with Gasteiger partial charge in [-0.1, -0.05) is 0 Å². The van der Waals surface area contributed by atoms with Crippen molar-refractivity contribution in [3.05, 3.63) is 6.10 Å². The Hall–Kier alpha value is 0.140. The Morgan fingerprint density at radius 3 is 2.50 bits per heavy atom. The van der Waals surface area contributed by atoms with Crippen molar-refractivity contribution in [2.75, 3.05) is 6.61 Å². The molecule has 68 valence electrons. The minimum Gasteiger partial charge on any atom is -0.301 e. The topological polar surface area (TPSA) is 18.5 Å². The Bertz CT molecular complexity index is 187. The largest absolute Gasteiger partial charge is 0.301 e. The monoisotopic (exact) mass is 187 g/mol. The number of hydrogen-bond acceptors (Lipinski definition) is 3. The van der Waals surface area contributed by atoms with E-state index in [0.29, 0.717) is 6.61 Å². The van der Waals surface area contributed by atoms with Crippen LogP contribution in [0.1, 0.15) is 33.1 Å². The third-order valence-corrected chi connectivity index (χ3v) is 2.93. The molecule has 1 saturated carbocycles. The average Bonchev–Trinajstić information content (AvgIpc) is 2.53. The molecule has 1 aliphatic carbocycles. The molecule has 1 heterocycles. The maximum Gasteiger partial charge on any atom is 0.274 e. The molecule has 0 amide bonds. The Morgan fingerprint density at radius 1 is 1.42 bits per heavy atom. The molecule has 0 radical (unpaired) electrons. The Morgan fingerprint density at radius 2 is 2.08 bits per heavy atom. The summed E-state index contributed by atoms with van der Waals surface area (Å²) in [4.78, 5) is 0. The number of rotatable bonds is 2. The molecule has 0 bridgehead atoms. The molecular formula is C9H15O2S+. The summed E-state index contributed by atoms with van der Waals surface area (Å²) in [5, 5.41) is 0. The van der Waals surface area contributed by atoms with Crippen molar-refractivity contribution >= 4 is 12.6 Å². The van der Waals surface area contributed by atoms with Gasteiger partial charge >= 0.3 is 0 Å². The van der Waals surface area contributed by atoms with Crippen molar-refractivity contribution in [1.82, 2.24) is 0 Å². The van der Waals surface area contributed by atoms with E-state index < -0.39 is 5.79 Å². The first-order valence-electron chi connectivity index (χ1n) is 4.39. The van der Waals surface area contributed by atoms with Gasteiger partial charge < -0.3 is 4.74 Å². The third kappa shape index (κ3) is 1.90. The fourth-order valence-corrected chi connectivity index (χ4v) is 1.72. The molecule has 0 aromatic heterocycles. The third-order valence-electron chi connectivity index (χ3n) is 2.32. The van der Waals surface area contributed by atoms with Crippen LogP contribution in [-0.4, -0.2) is 17.1 Å². The SMILES string of the molecule is CC1(C)OC[C+](CC2(S)CC2)O1. The molecule has 0 spiro atoms. The van der Waals surface area contributed by atoms with Gasteiger partial charge in [-0.15, -0.1) is 0 Å². The van der Waals surface area contributed by atoms with Crippen molar-refractivity contribution < 1.29 is 9.47 Å². The van der Waals surface area contributed by atoms with Crippen LogP contribution in [0.15, 0.2) is 0 Å². The standard InChI is InChI=1S/C9H14O2S/c1-8(2)10-6-7(11-8)5-9(12)3-4-9/h3-6H2,1-2H3/p+1. The van der Waals surface area contributed by atoms with E-state index in [2.05, 4.69) is 12.6 Å². The highest BCUT2D eigenvalue weighted by Crippen LogP contribution is 2.49. The lowest BCUT2D eigenvalue weighted by atomic mass is 10.2. The van der Waals surface area contributed by atoms with Crippen molar-refractivity contribution in [3.63, 3.8) is 0 Å². The second-order valence-electron chi connectivity index (χ2n) is 4.23. The number of ether oxygens (including phenoxy) is 2. The Balaban J connectivity index is 1.84. The molecule has 12 heavy (non-hydrogen) atoms. The fraction of sp³-hybridized carbons (Fsp3) is 0.889. The van der Waals surface area contributed by atoms with Gasteiger partial charge in [0.25, 0.3) is 6.10 Å². The van der Waals surface area contributed by atoms with Gasteiger partial charge in [0, 0.05) is 0 Å². The highest BCUT2D eigenvalue weighted by atomic mass is 32.1. The zero-order chi connectivity index (χ0) is 8.82. The van der Waals surface area contributed by atoms with Gasteiger partial charge in [0.1, 0.15) is 6.42 Å². The van der Waals surface area contributed by atoms with E-state index in [1.807, 2.05) is 13.8 Å². The van der Waals surface area contributed by atoms with Crippen molar-refractivity contribution in [2.24, 2.45) is 0 Å². The summed E-state index contributed by atoms with van der Waals surface area (Å²) in [5.74, 6) is -0.408. The van der Waals surface area contributed by atoms with E-state index >= 15 is 0 Å². The van der Waals surface area contributed by atoms with Crippen molar-refractivity contribution in [3.8, 4) is 0 Å². The van der Waals surface area contributed by atoms with E-state index in [1.54, 1.807) is 0 Å². The van der Waals surface area contributed by atoms with Crippen molar-refractivity contribution in [1.29, 1.82) is 0 Å². The van der Waals surface area contributed by atoms with Crippen LogP contribution in [0.4, 0.5) is 0 Å². The maximum absolute atomic E-state index is 5.61. The molecule has 0 aromatic rings. The normalized spacial score (nSPS) is 30.8. The van der Waals surface area contributed by atoms with Gasteiger partial charge in [0.15, 0.2) is 0 Å². The summed E-state index contributed by atoms with van der Waals surface area (Å²) in [6.07, 6.45) is 4.44. The number of hydrogen-bond donors (Lipinski definition) is 1.